The van der Waals surface area contributed by atoms with Crippen LogP contribution in [0, 0.1) is 0 Å². The van der Waals surface area contributed by atoms with Crippen molar-refractivity contribution >= 4 is 161 Å². The Morgan fingerprint density at radius 1 is 0.370 bits per heavy atom. The Morgan fingerprint density at radius 3 is 0.370 bits per heavy atom. The van der Waals surface area contributed by atoms with Crippen molar-refractivity contribution < 1.29 is 59.4 Å². The molecule has 0 rings (SSSR count). The largest absolute Gasteiger partial charge is 2.00 e. The zero-order valence-electron chi connectivity index (χ0n) is 15.8. The van der Waals surface area contributed by atoms with Crippen LogP contribution in [0.2, 0.25) is 0 Å². The zero-order valence-corrected chi connectivity index (χ0v) is 28.6. The van der Waals surface area contributed by atoms with Crippen LogP contribution < -0.4 is 30.6 Å². The molecule has 0 aromatic heterocycles. The van der Waals surface area contributed by atoms with Gasteiger partial charge in [-0.05, 0) is 41.5 Å². The SMILES string of the molecule is CC(=O)[O-].CC(=O)[O-].CC(=O)[O-].CC(=O)[O-].CC(=O)[O-].CC(=O)[O-].[Ba+2].[Ba+2].[Pb+2]. The molecule has 0 aliphatic heterocycles. The predicted molar refractivity (Wildman–Crippen MR) is 81.3 cm³/mol. The van der Waals surface area contributed by atoms with Crippen molar-refractivity contribution in [2.75, 3.05) is 0 Å². The van der Waals surface area contributed by atoms with Gasteiger partial charge in [-0.25, -0.2) is 0 Å². The Morgan fingerprint density at radius 2 is 0.370 bits per heavy atom. The van der Waals surface area contributed by atoms with Gasteiger partial charge in [-0.3, -0.25) is 0 Å². The van der Waals surface area contributed by atoms with Gasteiger partial charge in [-0.1, -0.05) is 0 Å². The minimum Gasteiger partial charge on any atom is -0.550 e. The third-order valence-electron chi connectivity index (χ3n) is 0. The van der Waals surface area contributed by atoms with Crippen molar-refractivity contribution in [3.63, 3.8) is 0 Å². The van der Waals surface area contributed by atoms with E-state index in [0.717, 1.165) is 41.5 Å². The van der Waals surface area contributed by atoms with E-state index in [1.165, 1.54) is 0 Å². The molecule has 0 aliphatic carbocycles. The predicted octanol–water partition coefficient (Wildman–Crippen LogP) is -8.61. The molecular formula is C12H18Ba2O12Pb. The Labute approximate surface area is 257 Å². The molecule has 0 atom stereocenters. The van der Waals surface area contributed by atoms with E-state index < -0.39 is 35.8 Å². The summed E-state index contributed by atoms with van der Waals surface area (Å²) in [6.07, 6.45) is 0. The number of rotatable bonds is 0. The molecule has 0 bridgehead atoms. The van der Waals surface area contributed by atoms with Crippen LogP contribution in [0.15, 0.2) is 0 Å². The summed E-state index contributed by atoms with van der Waals surface area (Å²) in [4.78, 5) is 53.3. The molecule has 27 heavy (non-hydrogen) atoms. The smallest absolute Gasteiger partial charge is 0.550 e. The number of carbonyl (C=O) groups is 6. The first-order chi connectivity index (χ1) is 10.4. The average Bonchev–Trinajstić information content (AvgIpc) is 2.08. The summed E-state index contributed by atoms with van der Waals surface area (Å²) >= 11 is 0. The summed E-state index contributed by atoms with van der Waals surface area (Å²) in [6, 6.07) is 0. The van der Waals surface area contributed by atoms with Gasteiger partial charge < -0.3 is 59.4 Å². The fourth-order valence-corrected chi connectivity index (χ4v) is 0. The fraction of sp³-hybridized carbons (Fsp3) is 0.500. The normalized spacial score (nSPS) is 5.56. The molecule has 0 aromatic carbocycles. The number of carbonyl (C=O) groups excluding carboxylic acids is 6. The number of hydrogen-bond acceptors (Lipinski definition) is 12. The second kappa shape index (κ2) is 50.5. The zero-order chi connectivity index (χ0) is 21.5. The van der Waals surface area contributed by atoms with Gasteiger partial charge in [-0.15, -0.1) is 0 Å². The standard InChI is InChI=1S/6C2H4O2.2Ba.Pb/c6*1-2(3)4;;;/h6*1H3,(H,3,4);;;/q;;;;;;3*+2/p-6. The van der Waals surface area contributed by atoms with E-state index in [1.54, 1.807) is 0 Å². The van der Waals surface area contributed by atoms with Gasteiger partial charge in [0.25, 0.3) is 0 Å². The second-order valence-electron chi connectivity index (χ2n) is 2.95. The van der Waals surface area contributed by atoms with Crippen molar-refractivity contribution in [1.82, 2.24) is 0 Å². The van der Waals surface area contributed by atoms with E-state index in [4.69, 9.17) is 59.4 Å². The number of hydrogen-bond donors (Lipinski definition) is 0. The van der Waals surface area contributed by atoms with E-state index >= 15 is 0 Å². The number of aliphatic carboxylic acids is 6. The van der Waals surface area contributed by atoms with Gasteiger partial charge in [0.1, 0.15) is 0 Å². The van der Waals surface area contributed by atoms with Crippen LogP contribution in [-0.2, 0) is 28.8 Å². The number of carboxylic acid groups (broad SMARTS) is 6. The third kappa shape index (κ3) is 21300. The van der Waals surface area contributed by atoms with Gasteiger partial charge in [0.05, 0.1) is 0 Å². The topological polar surface area (TPSA) is 241 Å². The second-order valence-corrected chi connectivity index (χ2v) is 2.95. The van der Waals surface area contributed by atoms with Gasteiger partial charge in [-0.2, -0.15) is 0 Å². The molecule has 0 N–H and O–H groups in total. The quantitative estimate of drug-likeness (QED) is 0.207. The van der Waals surface area contributed by atoms with E-state index in [2.05, 4.69) is 0 Å². The fourth-order valence-electron chi connectivity index (χ4n) is 0. The maximum Gasteiger partial charge on any atom is 2.00 e. The van der Waals surface area contributed by atoms with E-state index in [0.29, 0.717) is 0 Å². The van der Waals surface area contributed by atoms with Gasteiger partial charge in [0.15, 0.2) is 0 Å². The number of carboxylic acids is 6. The van der Waals surface area contributed by atoms with Crippen molar-refractivity contribution in [1.29, 1.82) is 0 Å². The first-order valence-corrected chi connectivity index (χ1v) is 5.45. The molecule has 0 fully saturated rings. The summed E-state index contributed by atoms with van der Waals surface area (Å²) in [5.41, 5.74) is 0. The molecule has 0 amide bonds. The molecule has 146 valence electrons. The minimum absolute atomic E-state index is 0. The van der Waals surface area contributed by atoms with Crippen LogP contribution in [0.25, 0.3) is 0 Å². The Bertz CT molecular complexity index is 272. The van der Waals surface area contributed by atoms with Gasteiger partial charge in [0, 0.05) is 35.8 Å². The molecule has 0 aliphatic rings. The Kier molecular flexibility index (Phi) is 106. The van der Waals surface area contributed by atoms with E-state index in [-0.39, 0.29) is 125 Å². The average molecular weight is 836 g/mol. The van der Waals surface area contributed by atoms with Crippen molar-refractivity contribution in [3.8, 4) is 0 Å². The molecule has 12 nitrogen and oxygen atoms in total. The molecular weight excluding hydrogens is 818 g/mol. The first-order valence-electron chi connectivity index (χ1n) is 5.45. The van der Waals surface area contributed by atoms with Gasteiger partial charge in [0.2, 0.25) is 0 Å². The summed E-state index contributed by atoms with van der Waals surface area (Å²) in [5, 5.41) is 53.3. The van der Waals surface area contributed by atoms with Crippen LogP contribution in [0.5, 0.6) is 0 Å². The van der Waals surface area contributed by atoms with Crippen LogP contribution >= 0.6 is 0 Å². The van der Waals surface area contributed by atoms with Crippen LogP contribution in [-0.4, -0.2) is 161 Å². The monoisotopic (exact) mass is 838 g/mol. The first kappa shape index (κ1) is 56.5. The van der Waals surface area contributed by atoms with E-state index in [9.17, 15) is 0 Å². The maximum atomic E-state index is 8.89. The summed E-state index contributed by atoms with van der Waals surface area (Å²) in [7, 11) is 0. The van der Waals surface area contributed by atoms with Crippen LogP contribution in [0.1, 0.15) is 41.5 Å². The molecule has 0 aromatic rings. The molecule has 0 spiro atoms. The molecule has 2 radical (unpaired) electrons. The minimum atomic E-state index is -1.08. The van der Waals surface area contributed by atoms with Crippen molar-refractivity contribution in [2.45, 2.75) is 41.5 Å². The van der Waals surface area contributed by atoms with Crippen LogP contribution in [0.3, 0.4) is 0 Å². The molecule has 0 saturated carbocycles. The van der Waals surface area contributed by atoms with Crippen LogP contribution in [0.4, 0.5) is 0 Å². The molecule has 15 heteroatoms. The van der Waals surface area contributed by atoms with E-state index in [1.807, 2.05) is 0 Å². The van der Waals surface area contributed by atoms with Crippen molar-refractivity contribution in [2.24, 2.45) is 0 Å². The molecule has 0 unspecified atom stereocenters. The molecule has 0 heterocycles. The van der Waals surface area contributed by atoms with Crippen molar-refractivity contribution in [3.05, 3.63) is 0 Å². The Balaban J connectivity index is -0.0000000201. The summed E-state index contributed by atoms with van der Waals surface area (Å²) in [6.45, 7) is 5.83. The summed E-state index contributed by atoms with van der Waals surface area (Å²) < 4.78 is 0. The maximum absolute atomic E-state index is 8.89. The van der Waals surface area contributed by atoms with Gasteiger partial charge >= 0.3 is 125 Å². The summed E-state index contributed by atoms with van der Waals surface area (Å²) in [5.74, 6) is -6.50. The Hall–Kier alpha value is 0.885. The molecule has 0 saturated heterocycles. The third-order valence-corrected chi connectivity index (χ3v) is 0.